The lowest BCUT2D eigenvalue weighted by Crippen LogP contribution is -2.66. The Morgan fingerprint density at radius 1 is 1.21 bits per heavy atom. The summed E-state index contributed by atoms with van der Waals surface area (Å²) in [4.78, 5) is 13.2. The van der Waals surface area contributed by atoms with E-state index in [1.807, 2.05) is 19.3 Å². The minimum atomic E-state index is -1.58. The van der Waals surface area contributed by atoms with Crippen molar-refractivity contribution in [3.05, 3.63) is 48.0 Å². The van der Waals surface area contributed by atoms with Crippen LogP contribution in [0.25, 0.3) is 0 Å². The van der Waals surface area contributed by atoms with Crippen molar-refractivity contribution in [1.29, 1.82) is 0 Å². The largest absolute Gasteiger partial charge is 0.472 e. The molecule has 1 aliphatic heterocycles. The van der Waals surface area contributed by atoms with Gasteiger partial charge in [0.25, 0.3) is 0 Å². The molecule has 5 heteroatoms. The van der Waals surface area contributed by atoms with Crippen molar-refractivity contribution in [2.24, 2.45) is 28.1 Å². The monoisotopic (exact) mass is 396 g/mol. The summed E-state index contributed by atoms with van der Waals surface area (Å²) < 4.78 is 11.6. The smallest absolute Gasteiger partial charge is 0.192 e. The van der Waals surface area contributed by atoms with Crippen LogP contribution >= 0.6 is 0 Å². The number of carbonyl (C=O) groups is 1. The molecule has 5 nitrogen and oxygen atoms in total. The van der Waals surface area contributed by atoms with Gasteiger partial charge in [-0.15, -0.1) is 0 Å². The van der Waals surface area contributed by atoms with Crippen molar-refractivity contribution in [2.75, 3.05) is 0 Å². The predicted octanol–water partition coefficient (Wildman–Crippen LogP) is 3.34. The molecule has 0 spiro atoms. The molecule has 3 fully saturated rings. The molecule has 1 saturated heterocycles. The average Bonchev–Trinajstić information content (AvgIpc) is 3.35. The number of carbonyl (C=O) groups excluding carboxylic acids is 1. The first-order valence-electron chi connectivity index (χ1n) is 10.7. The van der Waals surface area contributed by atoms with E-state index in [9.17, 15) is 15.0 Å². The van der Waals surface area contributed by atoms with Gasteiger partial charge in [-0.1, -0.05) is 32.4 Å². The van der Waals surface area contributed by atoms with Gasteiger partial charge >= 0.3 is 0 Å². The van der Waals surface area contributed by atoms with Gasteiger partial charge < -0.3 is 19.4 Å². The van der Waals surface area contributed by atoms with Gasteiger partial charge in [0.15, 0.2) is 11.6 Å². The predicted molar refractivity (Wildman–Crippen MR) is 105 cm³/mol. The van der Waals surface area contributed by atoms with E-state index in [-0.39, 0.29) is 17.1 Å². The molecule has 2 bridgehead atoms. The second-order valence-electron chi connectivity index (χ2n) is 10.5. The number of fused-ring (bicyclic) bond motifs is 6. The highest BCUT2D eigenvalue weighted by Gasteiger charge is 2.77. The summed E-state index contributed by atoms with van der Waals surface area (Å²) in [5.74, 6) is -1.87. The van der Waals surface area contributed by atoms with Crippen molar-refractivity contribution in [3.8, 4) is 0 Å². The van der Waals surface area contributed by atoms with Gasteiger partial charge in [0.2, 0.25) is 0 Å². The molecule has 2 saturated carbocycles. The number of aliphatic hydroxyl groups excluding tert-OH is 1. The second-order valence-corrected chi connectivity index (χ2v) is 10.5. The van der Waals surface area contributed by atoms with Gasteiger partial charge in [-0.2, -0.15) is 0 Å². The van der Waals surface area contributed by atoms with Crippen LogP contribution in [0.5, 0.6) is 0 Å². The third kappa shape index (κ3) is 1.79. The first-order valence-corrected chi connectivity index (χ1v) is 10.7. The summed E-state index contributed by atoms with van der Waals surface area (Å²) in [6.07, 6.45) is 10.2. The summed E-state index contributed by atoms with van der Waals surface area (Å²) in [7, 11) is 0. The maximum atomic E-state index is 13.2. The van der Waals surface area contributed by atoms with Gasteiger partial charge in [-0.3, -0.25) is 4.79 Å². The topological polar surface area (TPSA) is 79.9 Å². The van der Waals surface area contributed by atoms with Gasteiger partial charge in [-0.25, -0.2) is 0 Å². The molecule has 1 aromatic heterocycles. The zero-order valence-corrected chi connectivity index (χ0v) is 17.1. The molecular formula is C24H28O5. The summed E-state index contributed by atoms with van der Waals surface area (Å²) in [6.45, 7) is 6.41. The SMILES string of the molecule is C[C@]12C3=CC[C@@H](c4ccoc4)[C@]3(C)CC[C@@H]1[C@@]1(C)C(=O)C=C[C@]3(O)O[C@@H]2[C@H](O)[C@H]13. The average molecular weight is 396 g/mol. The zero-order valence-electron chi connectivity index (χ0n) is 17.1. The lowest BCUT2D eigenvalue weighted by molar-refractivity contribution is -0.191. The van der Waals surface area contributed by atoms with Gasteiger partial charge in [0.05, 0.1) is 30.7 Å². The second kappa shape index (κ2) is 5.13. The number of aliphatic hydroxyl groups is 2. The first-order chi connectivity index (χ1) is 13.7. The van der Waals surface area contributed by atoms with Crippen molar-refractivity contribution < 1.29 is 24.2 Å². The Labute approximate surface area is 170 Å². The van der Waals surface area contributed by atoms with Crippen molar-refractivity contribution in [1.82, 2.24) is 0 Å². The maximum absolute atomic E-state index is 13.2. The van der Waals surface area contributed by atoms with Crippen LogP contribution in [-0.2, 0) is 9.53 Å². The third-order valence-corrected chi connectivity index (χ3v) is 9.52. The number of furan rings is 1. The molecule has 9 atom stereocenters. The van der Waals surface area contributed by atoms with Crippen LogP contribution in [0, 0.1) is 28.1 Å². The van der Waals surface area contributed by atoms with Crippen LogP contribution in [0.4, 0.5) is 0 Å². The fourth-order valence-corrected chi connectivity index (χ4v) is 8.33. The highest BCUT2D eigenvalue weighted by molar-refractivity contribution is 5.97. The Balaban J connectivity index is 1.53. The van der Waals surface area contributed by atoms with E-state index < -0.39 is 34.7 Å². The molecule has 0 amide bonds. The number of allylic oxidation sites excluding steroid dienone is 2. The lowest BCUT2D eigenvalue weighted by Gasteiger charge is -2.62. The fourth-order valence-electron chi connectivity index (χ4n) is 8.33. The normalized spacial score (nSPS) is 54.9. The molecule has 6 rings (SSSR count). The van der Waals surface area contributed by atoms with E-state index in [1.165, 1.54) is 23.3 Å². The van der Waals surface area contributed by atoms with Crippen LogP contribution in [-0.4, -0.2) is 34.0 Å². The number of ether oxygens (including phenoxy) is 1. The number of hydrogen-bond acceptors (Lipinski definition) is 5. The summed E-state index contributed by atoms with van der Waals surface area (Å²) in [5, 5.41) is 22.6. The minimum Gasteiger partial charge on any atom is -0.472 e. The number of hydrogen-bond donors (Lipinski definition) is 2. The molecule has 154 valence electrons. The van der Waals surface area contributed by atoms with E-state index >= 15 is 0 Å². The van der Waals surface area contributed by atoms with Crippen LogP contribution in [0.3, 0.4) is 0 Å². The molecule has 1 aromatic rings. The zero-order chi connectivity index (χ0) is 20.4. The van der Waals surface area contributed by atoms with Crippen LogP contribution in [0.1, 0.15) is 51.5 Å². The quantitative estimate of drug-likeness (QED) is 0.712. The molecule has 29 heavy (non-hydrogen) atoms. The first kappa shape index (κ1) is 18.1. The van der Waals surface area contributed by atoms with Crippen molar-refractivity contribution >= 4 is 5.78 Å². The summed E-state index contributed by atoms with van der Waals surface area (Å²) in [6, 6.07) is 2.05. The van der Waals surface area contributed by atoms with Crippen molar-refractivity contribution in [3.63, 3.8) is 0 Å². The van der Waals surface area contributed by atoms with E-state index in [0.29, 0.717) is 5.92 Å². The standard InChI is InChI=1S/C24H28O5/c1-21-9-6-16-22(2,15(21)5-4-14(21)13-8-11-28-12-13)20-18(26)19-23(16,3)17(25)7-10-24(19,27)29-20/h5,7-8,10-12,14,16,18-20,26-27H,4,6,9H2,1-3H3/t14-,16-,18+,19+,20+,21-,22-,23-,24-/m0/s1. The van der Waals surface area contributed by atoms with E-state index in [1.54, 1.807) is 6.26 Å². The van der Waals surface area contributed by atoms with E-state index in [2.05, 4.69) is 19.9 Å². The Kier molecular flexibility index (Phi) is 3.20. The molecule has 0 unspecified atom stereocenters. The molecule has 0 radical (unpaired) electrons. The number of rotatable bonds is 1. The molecule has 0 aromatic carbocycles. The van der Waals surface area contributed by atoms with Crippen LogP contribution in [0.15, 0.2) is 46.8 Å². The molecular weight excluding hydrogens is 368 g/mol. The summed E-state index contributed by atoms with van der Waals surface area (Å²) in [5.41, 5.74) is 1.03. The minimum absolute atomic E-state index is 0.0000143. The van der Waals surface area contributed by atoms with Gasteiger partial charge in [0, 0.05) is 10.8 Å². The fraction of sp³-hybridized carbons (Fsp3) is 0.625. The van der Waals surface area contributed by atoms with Gasteiger partial charge in [-0.05, 0) is 60.3 Å². The van der Waals surface area contributed by atoms with Crippen LogP contribution in [0.2, 0.25) is 0 Å². The molecule has 2 heterocycles. The summed E-state index contributed by atoms with van der Waals surface area (Å²) >= 11 is 0. The number of ketones is 1. The van der Waals surface area contributed by atoms with E-state index in [4.69, 9.17) is 9.15 Å². The molecule has 2 N–H and O–H groups in total. The highest BCUT2D eigenvalue weighted by atomic mass is 16.6. The maximum Gasteiger partial charge on any atom is 0.192 e. The molecule has 4 aliphatic carbocycles. The lowest BCUT2D eigenvalue weighted by atomic mass is 9.40. The molecule has 5 aliphatic rings. The van der Waals surface area contributed by atoms with Gasteiger partial charge in [0.1, 0.15) is 0 Å². The van der Waals surface area contributed by atoms with Crippen LogP contribution < -0.4 is 0 Å². The van der Waals surface area contributed by atoms with Crippen molar-refractivity contribution in [2.45, 2.75) is 63.9 Å². The highest BCUT2D eigenvalue weighted by Crippen LogP contribution is 2.74. The Morgan fingerprint density at radius 3 is 2.72 bits per heavy atom. The van der Waals surface area contributed by atoms with E-state index in [0.717, 1.165) is 19.3 Å². The Hall–Kier alpha value is -1.69. The Bertz CT molecular complexity index is 962. The third-order valence-electron chi connectivity index (χ3n) is 9.52. The Morgan fingerprint density at radius 2 is 2.00 bits per heavy atom.